The molecule has 96 valence electrons. The highest BCUT2D eigenvalue weighted by molar-refractivity contribution is 5.21. The van der Waals surface area contributed by atoms with Crippen LogP contribution >= 0.6 is 0 Å². The number of fused-ring (bicyclic) bond motifs is 1. The fourth-order valence-corrected chi connectivity index (χ4v) is 3.33. The first kappa shape index (κ1) is 12.8. The van der Waals surface area contributed by atoms with Crippen molar-refractivity contribution < 1.29 is 10.2 Å². The second kappa shape index (κ2) is 4.95. The molecule has 0 radical (unpaired) electrons. The van der Waals surface area contributed by atoms with E-state index in [0.717, 1.165) is 30.3 Å². The first-order chi connectivity index (χ1) is 8.11. The van der Waals surface area contributed by atoms with Gasteiger partial charge < -0.3 is 10.2 Å². The summed E-state index contributed by atoms with van der Waals surface area (Å²) in [6.07, 6.45) is 10.1. The van der Waals surface area contributed by atoms with Crippen molar-refractivity contribution in [2.75, 3.05) is 13.2 Å². The number of rotatable bonds is 5. The Labute approximate surface area is 104 Å². The minimum Gasteiger partial charge on any atom is -0.396 e. The van der Waals surface area contributed by atoms with Crippen LogP contribution in [-0.2, 0) is 0 Å². The maximum absolute atomic E-state index is 9.19. The lowest BCUT2D eigenvalue weighted by molar-refractivity contribution is 0.233. The zero-order chi connectivity index (χ0) is 12.5. The molecule has 0 aliphatic heterocycles. The van der Waals surface area contributed by atoms with Gasteiger partial charge in [0, 0.05) is 12.5 Å². The summed E-state index contributed by atoms with van der Waals surface area (Å²) in [5, 5.41) is 18.1. The molecule has 2 aliphatic carbocycles. The SMILES string of the molecule is C/C(=C\CC[C@]1(C)[C@@H]2CC(CO)C=C[C@@H]21)CO. The summed E-state index contributed by atoms with van der Waals surface area (Å²) >= 11 is 0. The third-order valence-corrected chi connectivity index (χ3v) is 4.74. The molecule has 1 saturated carbocycles. The monoisotopic (exact) mass is 236 g/mol. The van der Waals surface area contributed by atoms with E-state index < -0.39 is 0 Å². The number of hydrogen-bond acceptors (Lipinski definition) is 2. The van der Waals surface area contributed by atoms with Gasteiger partial charge in [0.15, 0.2) is 0 Å². The average molecular weight is 236 g/mol. The molecule has 2 heteroatoms. The molecule has 4 atom stereocenters. The van der Waals surface area contributed by atoms with Crippen LogP contribution in [-0.4, -0.2) is 23.4 Å². The quantitative estimate of drug-likeness (QED) is 0.720. The van der Waals surface area contributed by atoms with E-state index in [0.29, 0.717) is 17.9 Å². The molecule has 17 heavy (non-hydrogen) atoms. The van der Waals surface area contributed by atoms with Gasteiger partial charge in [-0.15, -0.1) is 0 Å². The van der Waals surface area contributed by atoms with Crippen molar-refractivity contribution >= 4 is 0 Å². The van der Waals surface area contributed by atoms with Crippen molar-refractivity contribution in [3.63, 3.8) is 0 Å². The second-order valence-corrected chi connectivity index (χ2v) is 5.95. The Kier molecular flexibility index (Phi) is 3.74. The molecule has 2 aliphatic rings. The molecule has 0 aromatic rings. The van der Waals surface area contributed by atoms with E-state index >= 15 is 0 Å². The van der Waals surface area contributed by atoms with E-state index in [1.54, 1.807) is 0 Å². The summed E-state index contributed by atoms with van der Waals surface area (Å²) in [5.74, 6) is 1.88. The molecule has 0 aromatic carbocycles. The summed E-state index contributed by atoms with van der Waals surface area (Å²) in [6, 6.07) is 0. The largest absolute Gasteiger partial charge is 0.396 e. The van der Waals surface area contributed by atoms with E-state index in [-0.39, 0.29) is 6.61 Å². The summed E-state index contributed by atoms with van der Waals surface area (Å²) in [6.45, 7) is 4.81. The molecule has 0 aromatic heterocycles. The highest BCUT2D eigenvalue weighted by atomic mass is 16.3. The predicted octanol–water partition coefficient (Wildman–Crippen LogP) is 2.53. The predicted molar refractivity (Wildman–Crippen MR) is 69.5 cm³/mol. The highest BCUT2D eigenvalue weighted by Crippen LogP contribution is 2.66. The standard InChI is InChI=1S/C15H24O2/c1-11(9-16)4-3-7-15(2)13-6-5-12(10-17)8-14(13)15/h4-6,12-14,16-17H,3,7-10H2,1-2H3/b11-4+/t12?,13-,14+,15-/m0/s1. The topological polar surface area (TPSA) is 40.5 Å². The van der Waals surface area contributed by atoms with Crippen LogP contribution in [0.25, 0.3) is 0 Å². The van der Waals surface area contributed by atoms with E-state index in [2.05, 4.69) is 25.2 Å². The average Bonchev–Trinajstić information content (AvgIpc) is 2.94. The first-order valence-corrected chi connectivity index (χ1v) is 6.67. The normalized spacial score (nSPS) is 40.2. The van der Waals surface area contributed by atoms with Crippen molar-refractivity contribution in [3.8, 4) is 0 Å². The maximum Gasteiger partial charge on any atom is 0.0639 e. The van der Waals surface area contributed by atoms with Crippen LogP contribution in [0.5, 0.6) is 0 Å². The lowest BCUT2D eigenvalue weighted by Crippen LogP contribution is -2.08. The van der Waals surface area contributed by atoms with E-state index in [4.69, 9.17) is 5.11 Å². The summed E-state index contributed by atoms with van der Waals surface area (Å²) in [4.78, 5) is 0. The Morgan fingerprint density at radius 1 is 1.41 bits per heavy atom. The number of aliphatic hydroxyl groups is 2. The maximum atomic E-state index is 9.19. The first-order valence-electron chi connectivity index (χ1n) is 6.67. The third-order valence-electron chi connectivity index (χ3n) is 4.74. The molecule has 2 rings (SSSR count). The van der Waals surface area contributed by atoms with Crippen LogP contribution < -0.4 is 0 Å². The van der Waals surface area contributed by atoms with Crippen molar-refractivity contribution in [3.05, 3.63) is 23.8 Å². The molecular formula is C15H24O2. The van der Waals surface area contributed by atoms with Gasteiger partial charge in [0.1, 0.15) is 0 Å². The zero-order valence-corrected chi connectivity index (χ0v) is 10.9. The summed E-state index contributed by atoms with van der Waals surface area (Å²) in [7, 11) is 0. The molecule has 1 unspecified atom stereocenters. The third kappa shape index (κ3) is 2.48. The van der Waals surface area contributed by atoms with Crippen LogP contribution in [0.4, 0.5) is 0 Å². The van der Waals surface area contributed by atoms with Crippen LogP contribution in [0.3, 0.4) is 0 Å². The van der Waals surface area contributed by atoms with Crippen molar-refractivity contribution in [1.82, 2.24) is 0 Å². The Bertz CT molecular complexity index is 332. The number of allylic oxidation sites excluding steroid dienone is 2. The van der Waals surface area contributed by atoms with Crippen molar-refractivity contribution in [1.29, 1.82) is 0 Å². The molecule has 2 N–H and O–H groups in total. The van der Waals surface area contributed by atoms with Crippen LogP contribution in [0.15, 0.2) is 23.8 Å². The minimum atomic E-state index is 0.177. The van der Waals surface area contributed by atoms with E-state index in [1.165, 1.54) is 6.42 Å². The second-order valence-electron chi connectivity index (χ2n) is 5.95. The van der Waals surface area contributed by atoms with Gasteiger partial charge >= 0.3 is 0 Å². The van der Waals surface area contributed by atoms with Gasteiger partial charge in [-0.25, -0.2) is 0 Å². The molecule has 0 saturated heterocycles. The molecule has 0 bridgehead atoms. The summed E-state index contributed by atoms with van der Waals surface area (Å²) in [5.41, 5.74) is 1.51. The van der Waals surface area contributed by atoms with Gasteiger partial charge in [0.2, 0.25) is 0 Å². The zero-order valence-electron chi connectivity index (χ0n) is 10.9. The fourth-order valence-electron chi connectivity index (χ4n) is 3.33. The van der Waals surface area contributed by atoms with Gasteiger partial charge in [-0.3, -0.25) is 0 Å². The Morgan fingerprint density at radius 3 is 2.82 bits per heavy atom. The van der Waals surface area contributed by atoms with Crippen LogP contribution in [0.1, 0.15) is 33.1 Å². The van der Waals surface area contributed by atoms with Crippen molar-refractivity contribution in [2.45, 2.75) is 33.1 Å². The molecular weight excluding hydrogens is 212 g/mol. The van der Waals surface area contributed by atoms with E-state index in [1.807, 2.05) is 6.92 Å². The molecule has 0 spiro atoms. The smallest absolute Gasteiger partial charge is 0.0639 e. The van der Waals surface area contributed by atoms with Crippen LogP contribution in [0, 0.1) is 23.2 Å². The molecule has 0 heterocycles. The van der Waals surface area contributed by atoms with Crippen LogP contribution in [0.2, 0.25) is 0 Å². The van der Waals surface area contributed by atoms with Gasteiger partial charge in [-0.2, -0.15) is 0 Å². The lowest BCUT2D eigenvalue weighted by Gasteiger charge is -2.13. The molecule has 1 fully saturated rings. The molecule has 0 amide bonds. The fraction of sp³-hybridized carbons (Fsp3) is 0.733. The number of aliphatic hydroxyl groups excluding tert-OH is 2. The molecule has 2 nitrogen and oxygen atoms in total. The lowest BCUT2D eigenvalue weighted by atomic mass is 9.94. The van der Waals surface area contributed by atoms with Gasteiger partial charge in [0.05, 0.1) is 6.61 Å². The highest BCUT2D eigenvalue weighted by Gasteiger charge is 2.59. The Balaban J connectivity index is 1.86. The van der Waals surface area contributed by atoms with Gasteiger partial charge in [-0.1, -0.05) is 30.7 Å². The van der Waals surface area contributed by atoms with Gasteiger partial charge in [-0.05, 0) is 43.4 Å². The Morgan fingerprint density at radius 2 is 2.18 bits per heavy atom. The summed E-state index contributed by atoms with van der Waals surface area (Å²) < 4.78 is 0. The number of hydrogen-bond donors (Lipinski definition) is 2. The van der Waals surface area contributed by atoms with Gasteiger partial charge in [0.25, 0.3) is 0 Å². The minimum absolute atomic E-state index is 0.177. The van der Waals surface area contributed by atoms with E-state index in [9.17, 15) is 5.11 Å². The van der Waals surface area contributed by atoms with Crippen molar-refractivity contribution in [2.24, 2.45) is 23.2 Å². The Hall–Kier alpha value is -0.600.